The van der Waals surface area contributed by atoms with Gasteiger partial charge >= 0.3 is 11.9 Å². The number of aliphatic hydroxyl groups is 1. The molecule has 2 rings (SSSR count). The molecule has 0 radical (unpaired) electrons. The molecule has 2 fully saturated rings. The van der Waals surface area contributed by atoms with Crippen LogP contribution in [0.2, 0.25) is 0 Å². The smallest absolute Gasteiger partial charge is 0.303 e. The highest BCUT2D eigenvalue weighted by atomic mass is 19.3. The van der Waals surface area contributed by atoms with Crippen molar-refractivity contribution in [1.82, 2.24) is 0 Å². The van der Waals surface area contributed by atoms with Crippen molar-refractivity contribution in [2.24, 2.45) is 21.3 Å². The molecule has 16 nitrogen and oxygen atoms in total. The summed E-state index contributed by atoms with van der Waals surface area (Å²) in [7, 11) is 0. The first-order valence-corrected chi connectivity index (χ1v) is 10.3. The quantitative estimate of drug-likeness (QED) is 0.224. The predicted octanol–water partition coefficient (Wildman–Crippen LogP) is 2.66. The molecule has 1 aliphatic carbocycles. The fraction of sp³-hybridized carbons (Fsp3) is 0.882. The van der Waals surface area contributed by atoms with Gasteiger partial charge in [0.1, 0.15) is 18.3 Å². The van der Waals surface area contributed by atoms with Gasteiger partial charge in [-0.1, -0.05) is 22.3 Å². The van der Waals surface area contributed by atoms with Gasteiger partial charge in [0.2, 0.25) is 0 Å². The fourth-order valence-corrected chi connectivity index (χ4v) is 4.09. The predicted molar refractivity (Wildman–Crippen MR) is 109 cm³/mol. The van der Waals surface area contributed by atoms with Gasteiger partial charge in [-0.3, -0.25) is 9.59 Å². The summed E-state index contributed by atoms with van der Waals surface area (Å²) in [5.41, 5.74) is 26.3. The van der Waals surface area contributed by atoms with E-state index in [9.17, 15) is 14.7 Å². The highest BCUT2D eigenvalue weighted by Crippen LogP contribution is 2.41. The molecule has 0 amide bonds. The summed E-state index contributed by atoms with van der Waals surface area (Å²) in [6, 6.07) is -3.33. The van der Waals surface area contributed by atoms with E-state index in [-0.39, 0.29) is 6.42 Å². The standard InChI is InChI=1S/C17H23F2N9O7/c1-6-4-9(24-27-21)13(32-7(2)29)11(31)12(6)35-16-14(25-28-22)17(18,19)15(33-8(3)30)10(34-16)5-23-26-20/h6,9-16,31H,4-5H2,1-3H3/t6-,9?,10+,11-,12+,13-,14?,15+,16+/m0/s1. The summed E-state index contributed by atoms with van der Waals surface area (Å²) in [5.74, 6) is -6.57. The van der Waals surface area contributed by atoms with E-state index < -0.39 is 79.2 Å². The number of aliphatic hydroxyl groups excluding tert-OH is 1. The van der Waals surface area contributed by atoms with Crippen LogP contribution in [0.15, 0.2) is 15.3 Å². The van der Waals surface area contributed by atoms with Crippen LogP contribution in [0.4, 0.5) is 8.78 Å². The van der Waals surface area contributed by atoms with Crippen molar-refractivity contribution in [3.05, 3.63) is 31.3 Å². The Kier molecular flexibility index (Phi) is 9.42. The Morgan fingerprint density at radius 1 is 1.09 bits per heavy atom. The van der Waals surface area contributed by atoms with Gasteiger partial charge in [-0.25, -0.2) is 8.78 Å². The number of hydrogen-bond acceptors (Lipinski definition) is 10. The average molecular weight is 503 g/mol. The van der Waals surface area contributed by atoms with Gasteiger partial charge in [0.25, 0.3) is 5.92 Å². The third kappa shape index (κ3) is 6.39. The molecular weight excluding hydrogens is 480 g/mol. The van der Waals surface area contributed by atoms with Gasteiger partial charge in [0, 0.05) is 28.6 Å². The van der Waals surface area contributed by atoms with Crippen LogP contribution in [-0.2, 0) is 28.5 Å². The Morgan fingerprint density at radius 2 is 1.71 bits per heavy atom. The summed E-state index contributed by atoms with van der Waals surface area (Å²) < 4.78 is 51.6. The number of carbonyl (C=O) groups excluding carboxylic acids is 2. The molecule has 1 heterocycles. The van der Waals surface area contributed by atoms with E-state index in [0.717, 1.165) is 13.8 Å². The molecule has 0 spiro atoms. The lowest BCUT2D eigenvalue weighted by Gasteiger charge is -2.47. The van der Waals surface area contributed by atoms with Gasteiger partial charge in [-0.15, -0.1) is 0 Å². The highest BCUT2D eigenvalue weighted by Gasteiger charge is 2.62. The van der Waals surface area contributed by atoms with Gasteiger partial charge in [-0.2, -0.15) is 0 Å². The van der Waals surface area contributed by atoms with E-state index in [1.807, 2.05) is 0 Å². The highest BCUT2D eigenvalue weighted by molar-refractivity contribution is 5.66. The first-order valence-electron chi connectivity index (χ1n) is 10.3. The summed E-state index contributed by atoms with van der Waals surface area (Å²) in [5, 5.41) is 20.6. The van der Waals surface area contributed by atoms with E-state index in [4.69, 9.17) is 30.8 Å². The number of rotatable bonds is 8. The monoisotopic (exact) mass is 503 g/mol. The molecule has 18 heteroatoms. The van der Waals surface area contributed by atoms with Crippen molar-refractivity contribution in [2.75, 3.05) is 6.54 Å². The van der Waals surface area contributed by atoms with E-state index in [1.165, 1.54) is 0 Å². The van der Waals surface area contributed by atoms with E-state index >= 15 is 8.78 Å². The number of halogens is 2. The maximum atomic E-state index is 15.3. The summed E-state index contributed by atoms with van der Waals surface area (Å²) in [6.45, 7) is 2.80. The first kappa shape index (κ1) is 27.9. The van der Waals surface area contributed by atoms with Crippen molar-refractivity contribution in [3.8, 4) is 0 Å². The van der Waals surface area contributed by atoms with Crippen LogP contribution in [0.1, 0.15) is 27.2 Å². The Bertz CT molecular complexity index is 952. The third-order valence-electron chi connectivity index (χ3n) is 5.49. The zero-order valence-corrected chi connectivity index (χ0v) is 18.8. The van der Waals surface area contributed by atoms with E-state index in [0.29, 0.717) is 0 Å². The van der Waals surface area contributed by atoms with Crippen LogP contribution in [-0.4, -0.2) is 78.4 Å². The number of nitrogens with zero attached hydrogens (tertiary/aromatic N) is 9. The van der Waals surface area contributed by atoms with Gasteiger partial charge in [0.15, 0.2) is 18.4 Å². The lowest BCUT2D eigenvalue weighted by molar-refractivity contribution is -0.325. The molecule has 0 bridgehead atoms. The van der Waals surface area contributed by atoms with Crippen molar-refractivity contribution < 1.29 is 42.4 Å². The molecule has 1 saturated heterocycles. The molecule has 0 aromatic heterocycles. The number of hydrogen-bond donors (Lipinski definition) is 1. The van der Waals surface area contributed by atoms with Gasteiger partial charge in [0.05, 0.1) is 18.7 Å². The Morgan fingerprint density at radius 3 is 2.26 bits per heavy atom. The van der Waals surface area contributed by atoms with Crippen LogP contribution < -0.4 is 0 Å². The minimum absolute atomic E-state index is 0.0389. The minimum Gasteiger partial charge on any atom is -0.459 e. The normalized spacial score (nSPS) is 35.9. The SMILES string of the molecule is CC(=O)O[C@@H]1[C@@H](CN=[N+]=[N-])O[C@H](O[C@H]2[C@H](O)[C@@H](OC(C)=O)C(N=[N+]=[N-])C[C@@H]2C)C(N=[N+]=[N-])C1(F)F. The second kappa shape index (κ2) is 11.8. The van der Waals surface area contributed by atoms with Crippen molar-refractivity contribution in [2.45, 2.75) is 82.0 Å². The minimum atomic E-state index is -4.04. The van der Waals surface area contributed by atoms with Gasteiger partial charge in [-0.05, 0) is 28.9 Å². The molecular formula is C17H23F2N9O7. The van der Waals surface area contributed by atoms with Crippen LogP contribution in [0.5, 0.6) is 0 Å². The summed E-state index contributed by atoms with van der Waals surface area (Å²) in [4.78, 5) is 30.5. The van der Waals surface area contributed by atoms with Crippen molar-refractivity contribution >= 4 is 11.9 Å². The molecule has 0 aromatic carbocycles. The number of ether oxygens (including phenoxy) is 4. The molecule has 9 atom stereocenters. The van der Waals surface area contributed by atoms with Crippen molar-refractivity contribution in [3.63, 3.8) is 0 Å². The molecule has 35 heavy (non-hydrogen) atoms. The summed E-state index contributed by atoms with van der Waals surface area (Å²) in [6.07, 6.45) is -10.3. The summed E-state index contributed by atoms with van der Waals surface area (Å²) >= 11 is 0. The largest absolute Gasteiger partial charge is 0.459 e. The number of carbonyl (C=O) groups is 2. The zero-order chi connectivity index (χ0) is 26.3. The van der Waals surface area contributed by atoms with Crippen LogP contribution in [0.3, 0.4) is 0 Å². The van der Waals surface area contributed by atoms with Crippen LogP contribution >= 0.6 is 0 Å². The lowest BCUT2D eigenvalue weighted by Crippen LogP contribution is -2.65. The Hall–Kier alpha value is -3.39. The van der Waals surface area contributed by atoms with Crippen molar-refractivity contribution in [1.29, 1.82) is 0 Å². The second-order valence-electron chi connectivity index (χ2n) is 7.96. The maximum Gasteiger partial charge on any atom is 0.303 e. The molecule has 2 unspecified atom stereocenters. The van der Waals surface area contributed by atoms with E-state index in [2.05, 4.69) is 34.8 Å². The maximum absolute atomic E-state index is 15.3. The van der Waals surface area contributed by atoms with Crippen LogP contribution in [0, 0.1) is 5.92 Å². The van der Waals surface area contributed by atoms with Gasteiger partial charge < -0.3 is 24.1 Å². The number of alkyl halides is 2. The molecule has 1 N–H and O–H groups in total. The first-order chi connectivity index (χ1) is 16.5. The van der Waals surface area contributed by atoms with E-state index in [1.54, 1.807) is 6.92 Å². The topological polar surface area (TPSA) is 238 Å². The Labute approximate surface area is 196 Å². The third-order valence-corrected chi connectivity index (χ3v) is 5.49. The molecule has 1 saturated carbocycles. The number of azide groups is 3. The fourth-order valence-electron chi connectivity index (χ4n) is 4.09. The molecule has 192 valence electrons. The molecule has 2 aliphatic rings. The second-order valence-corrected chi connectivity index (χ2v) is 7.96. The molecule has 0 aromatic rings. The number of esters is 2. The molecule has 1 aliphatic heterocycles. The zero-order valence-electron chi connectivity index (χ0n) is 18.8. The average Bonchev–Trinajstić information content (AvgIpc) is 2.76. The van der Waals surface area contributed by atoms with Crippen LogP contribution in [0.25, 0.3) is 31.3 Å². The lowest BCUT2D eigenvalue weighted by atomic mass is 9.80. The Balaban J connectivity index is 2.43.